The molecule has 126 valence electrons. The highest BCUT2D eigenvalue weighted by atomic mass is 32.1. The Morgan fingerprint density at radius 1 is 1.16 bits per heavy atom. The number of aromatic nitrogens is 3. The van der Waals surface area contributed by atoms with Crippen LogP contribution < -0.4 is 4.74 Å². The Bertz CT molecular complexity index is 927. The van der Waals surface area contributed by atoms with Crippen molar-refractivity contribution in [2.24, 2.45) is 5.10 Å². The molecule has 6 heteroatoms. The van der Waals surface area contributed by atoms with E-state index in [1.54, 1.807) is 10.9 Å². The van der Waals surface area contributed by atoms with Crippen molar-refractivity contribution in [2.75, 3.05) is 0 Å². The molecule has 0 aliphatic carbocycles. The summed E-state index contributed by atoms with van der Waals surface area (Å²) in [7, 11) is 0. The minimum Gasteiger partial charge on any atom is -0.486 e. The first-order chi connectivity index (χ1) is 12.2. The lowest BCUT2D eigenvalue weighted by Crippen LogP contribution is -2.04. The summed E-state index contributed by atoms with van der Waals surface area (Å²) < 4.78 is 7.71. The van der Waals surface area contributed by atoms with E-state index < -0.39 is 0 Å². The molecule has 2 aromatic carbocycles. The van der Waals surface area contributed by atoms with Gasteiger partial charge >= 0.3 is 0 Å². The van der Waals surface area contributed by atoms with Crippen molar-refractivity contribution in [1.29, 1.82) is 0 Å². The van der Waals surface area contributed by atoms with E-state index in [4.69, 9.17) is 17.0 Å². The maximum Gasteiger partial charge on any atom is 0.216 e. The normalized spacial score (nSPS) is 11.8. The number of ether oxygens (including phenoxy) is 1. The van der Waals surface area contributed by atoms with Gasteiger partial charge in [-0.25, -0.2) is 5.10 Å². The van der Waals surface area contributed by atoms with Crippen molar-refractivity contribution >= 4 is 24.5 Å². The van der Waals surface area contributed by atoms with Crippen LogP contribution in [0, 0.1) is 4.77 Å². The van der Waals surface area contributed by atoms with Crippen molar-refractivity contribution in [3.05, 3.63) is 82.4 Å². The quantitative estimate of drug-likeness (QED) is 0.527. The van der Waals surface area contributed by atoms with Crippen LogP contribution in [0.5, 0.6) is 5.75 Å². The second-order valence-electron chi connectivity index (χ2n) is 5.40. The molecule has 0 amide bonds. The Kier molecular flexibility index (Phi) is 5.53. The highest BCUT2D eigenvalue weighted by molar-refractivity contribution is 7.71. The topological polar surface area (TPSA) is 55.2 Å². The molecule has 0 spiro atoms. The maximum absolute atomic E-state index is 5.71. The number of hydrogen-bond acceptors (Lipinski definition) is 4. The van der Waals surface area contributed by atoms with Gasteiger partial charge in [0.2, 0.25) is 4.77 Å². The molecule has 0 saturated carbocycles. The van der Waals surface area contributed by atoms with Gasteiger partial charge < -0.3 is 4.74 Å². The fourth-order valence-corrected chi connectivity index (χ4v) is 2.40. The first-order valence-electron chi connectivity index (χ1n) is 7.84. The zero-order chi connectivity index (χ0) is 17.5. The molecule has 0 atom stereocenters. The summed E-state index contributed by atoms with van der Waals surface area (Å²) in [5, 5.41) is 11.3. The van der Waals surface area contributed by atoms with E-state index in [0.29, 0.717) is 10.6 Å². The number of benzene rings is 2. The summed E-state index contributed by atoms with van der Waals surface area (Å²) in [6.45, 7) is 2.26. The third-order valence-electron chi connectivity index (χ3n) is 3.40. The molecule has 0 bridgehead atoms. The Balaban J connectivity index is 1.73. The zero-order valence-corrected chi connectivity index (χ0v) is 14.6. The predicted molar refractivity (Wildman–Crippen MR) is 102 cm³/mol. The van der Waals surface area contributed by atoms with Crippen LogP contribution in [-0.4, -0.2) is 21.1 Å². The summed E-state index contributed by atoms with van der Waals surface area (Å²) >= 11 is 5.24. The molecule has 3 rings (SSSR count). The minimum absolute atomic E-state index is 0.274. The number of H-pyrrole nitrogens is 1. The van der Waals surface area contributed by atoms with Crippen LogP contribution in [0.3, 0.4) is 0 Å². The fraction of sp³-hybridized carbons (Fsp3) is 0.105. The van der Waals surface area contributed by atoms with Crippen LogP contribution >= 0.6 is 12.2 Å². The van der Waals surface area contributed by atoms with E-state index >= 15 is 0 Å². The van der Waals surface area contributed by atoms with Gasteiger partial charge in [0.05, 0.1) is 6.21 Å². The van der Waals surface area contributed by atoms with E-state index in [0.717, 1.165) is 16.9 Å². The summed E-state index contributed by atoms with van der Waals surface area (Å²) in [6.07, 6.45) is 3.80. The summed E-state index contributed by atoms with van der Waals surface area (Å²) in [4.78, 5) is 0. The van der Waals surface area contributed by atoms with Crippen molar-refractivity contribution in [2.45, 2.75) is 13.5 Å². The van der Waals surface area contributed by atoms with Gasteiger partial charge in [0.15, 0.2) is 5.82 Å². The monoisotopic (exact) mass is 350 g/mol. The molecule has 25 heavy (non-hydrogen) atoms. The molecule has 0 unspecified atom stereocenters. The second-order valence-corrected chi connectivity index (χ2v) is 5.79. The Hall–Kier alpha value is -2.99. The lowest BCUT2D eigenvalue weighted by Gasteiger charge is -2.05. The van der Waals surface area contributed by atoms with Crippen molar-refractivity contribution < 1.29 is 4.74 Å². The van der Waals surface area contributed by atoms with Gasteiger partial charge in [-0.3, -0.25) is 0 Å². The number of aromatic amines is 1. The standard InChI is InChI=1S/C19H18N4OS/c1-15(12-16-8-4-2-5-9-16)13-20-23-18(21-22-19(23)25)14-24-17-10-6-3-7-11-17/h2-13H,14H2,1H3,(H,22,25)/b15-12+,20-13+. The molecule has 0 aliphatic heterocycles. The average molecular weight is 350 g/mol. The van der Waals surface area contributed by atoms with Crippen LogP contribution in [0.1, 0.15) is 18.3 Å². The molecular formula is C19H18N4OS. The molecule has 0 fully saturated rings. The molecule has 1 N–H and O–H groups in total. The van der Waals surface area contributed by atoms with Gasteiger partial charge in [-0.2, -0.15) is 14.9 Å². The Morgan fingerprint density at radius 2 is 1.84 bits per heavy atom. The van der Waals surface area contributed by atoms with Crippen LogP contribution in [0.25, 0.3) is 6.08 Å². The van der Waals surface area contributed by atoms with Gasteiger partial charge in [-0.05, 0) is 42.4 Å². The summed E-state index contributed by atoms with van der Waals surface area (Å²) in [5.41, 5.74) is 2.12. The first-order valence-corrected chi connectivity index (χ1v) is 8.25. The number of nitrogens with zero attached hydrogens (tertiary/aromatic N) is 3. The molecule has 0 saturated heterocycles. The van der Waals surface area contributed by atoms with E-state index in [-0.39, 0.29) is 6.61 Å². The van der Waals surface area contributed by atoms with Gasteiger partial charge in [0.1, 0.15) is 12.4 Å². The summed E-state index contributed by atoms with van der Waals surface area (Å²) in [5.74, 6) is 1.38. The number of para-hydroxylation sites is 1. The van der Waals surface area contributed by atoms with Gasteiger partial charge in [-0.15, -0.1) is 0 Å². The summed E-state index contributed by atoms with van der Waals surface area (Å²) in [6, 6.07) is 19.6. The molecule has 3 aromatic rings. The fourth-order valence-electron chi connectivity index (χ4n) is 2.20. The molecule has 1 aromatic heterocycles. The number of rotatable bonds is 6. The van der Waals surface area contributed by atoms with Gasteiger partial charge in [0, 0.05) is 0 Å². The zero-order valence-electron chi connectivity index (χ0n) is 13.8. The third kappa shape index (κ3) is 4.74. The predicted octanol–water partition coefficient (Wildman–Crippen LogP) is 4.46. The average Bonchev–Trinajstić information content (AvgIpc) is 3.00. The van der Waals surface area contributed by atoms with E-state index in [9.17, 15) is 0 Å². The SMILES string of the molecule is CC(/C=N/n1c(COc2ccccc2)n[nH]c1=S)=C\c1ccccc1. The number of allylic oxidation sites excluding steroid dienone is 1. The molecular weight excluding hydrogens is 332 g/mol. The molecule has 0 radical (unpaired) electrons. The molecule has 0 aliphatic rings. The first kappa shape index (κ1) is 16.9. The van der Waals surface area contributed by atoms with E-state index in [1.165, 1.54) is 0 Å². The highest BCUT2D eigenvalue weighted by Gasteiger charge is 2.05. The van der Waals surface area contributed by atoms with Crippen LogP contribution in [0.15, 0.2) is 71.3 Å². The smallest absolute Gasteiger partial charge is 0.216 e. The molecule has 1 heterocycles. The maximum atomic E-state index is 5.71. The van der Waals surface area contributed by atoms with E-state index in [1.807, 2.05) is 73.7 Å². The number of hydrogen-bond donors (Lipinski definition) is 1. The van der Waals surface area contributed by atoms with Gasteiger partial charge in [0.25, 0.3) is 0 Å². The minimum atomic E-state index is 0.274. The molecule has 5 nitrogen and oxygen atoms in total. The second kappa shape index (κ2) is 8.21. The Morgan fingerprint density at radius 3 is 2.56 bits per heavy atom. The Labute approximate surface area is 151 Å². The lowest BCUT2D eigenvalue weighted by molar-refractivity contribution is 0.290. The van der Waals surface area contributed by atoms with Crippen LogP contribution in [-0.2, 0) is 6.61 Å². The van der Waals surface area contributed by atoms with Gasteiger partial charge in [-0.1, -0.05) is 54.6 Å². The van der Waals surface area contributed by atoms with Crippen molar-refractivity contribution in [3.63, 3.8) is 0 Å². The van der Waals surface area contributed by atoms with Crippen molar-refractivity contribution in [3.8, 4) is 5.75 Å². The largest absolute Gasteiger partial charge is 0.486 e. The highest BCUT2D eigenvalue weighted by Crippen LogP contribution is 2.11. The van der Waals surface area contributed by atoms with Crippen molar-refractivity contribution in [1.82, 2.24) is 14.9 Å². The van der Waals surface area contributed by atoms with Crippen LogP contribution in [0.2, 0.25) is 0 Å². The lowest BCUT2D eigenvalue weighted by atomic mass is 10.1. The van der Waals surface area contributed by atoms with Crippen LogP contribution in [0.4, 0.5) is 0 Å². The number of nitrogens with one attached hydrogen (secondary N) is 1. The van der Waals surface area contributed by atoms with E-state index in [2.05, 4.69) is 15.3 Å². The third-order valence-corrected chi connectivity index (χ3v) is 3.66.